The summed E-state index contributed by atoms with van der Waals surface area (Å²) in [5.74, 6) is 0. The van der Waals surface area contributed by atoms with Crippen molar-refractivity contribution < 1.29 is 0 Å². The van der Waals surface area contributed by atoms with Crippen LogP contribution in [-0.4, -0.2) is 36.6 Å². The van der Waals surface area contributed by atoms with Crippen LogP contribution in [0, 0.1) is 0 Å². The van der Waals surface area contributed by atoms with Gasteiger partial charge in [0.25, 0.3) is 0 Å². The van der Waals surface area contributed by atoms with E-state index in [0.29, 0.717) is 22.1 Å². The van der Waals surface area contributed by atoms with Gasteiger partial charge in [-0.1, -0.05) is 56.1 Å². The summed E-state index contributed by atoms with van der Waals surface area (Å²) in [6.07, 6.45) is 8.78. The van der Waals surface area contributed by atoms with Crippen molar-refractivity contribution in [1.29, 1.82) is 0 Å². The fraction of sp³-hybridized carbons (Fsp3) is 0.667. The van der Waals surface area contributed by atoms with Crippen LogP contribution in [0.25, 0.3) is 0 Å². The third-order valence-corrected chi connectivity index (χ3v) is 5.27. The second-order valence-corrected chi connectivity index (χ2v) is 6.35. The third kappa shape index (κ3) is 5.13. The van der Waals surface area contributed by atoms with Crippen LogP contribution >= 0.6 is 23.2 Å². The molecule has 0 aromatic heterocycles. The number of rotatable bonds is 4. The van der Waals surface area contributed by atoms with Crippen molar-refractivity contribution in [2.75, 3.05) is 19.6 Å². The number of likely N-dealkylation sites (tertiary alicyclic amines) is 1. The van der Waals surface area contributed by atoms with Gasteiger partial charge in [-0.25, -0.2) is 0 Å². The second kappa shape index (κ2) is 10.5. The standard InChI is InChI=1S/C16H24Cl2N2.C2H6/c1-3-12(16(18)13(17)4-2)11-20-10-6-5-7-14-15(20)8-9-19-14;1-2/h3-4,14-15,19H,2,5-11H2,1H3;1-2H3/b12-3-,16-13-;. The van der Waals surface area contributed by atoms with E-state index in [9.17, 15) is 0 Å². The van der Waals surface area contributed by atoms with Gasteiger partial charge in [-0.05, 0) is 50.9 Å². The Labute approximate surface area is 146 Å². The van der Waals surface area contributed by atoms with Gasteiger partial charge in [-0.15, -0.1) is 0 Å². The van der Waals surface area contributed by atoms with Gasteiger partial charge in [0, 0.05) is 18.6 Å². The van der Waals surface area contributed by atoms with Gasteiger partial charge >= 0.3 is 0 Å². The van der Waals surface area contributed by atoms with E-state index >= 15 is 0 Å². The zero-order valence-electron chi connectivity index (χ0n) is 14.2. The van der Waals surface area contributed by atoms with Gasteiger partial charge in [0.15, 0.2) is 0 Å². The topological polar surface area (TPSA) is 15.3 Å². The van der Waals surface area contributed by atoms with Crippen molar-refractivity contribution in [3.63, 3.8) is 0 Å². The van der Waals surface area contributed by atoms with Gasteiger partial charge in [0.2, 0.25) is 0 Å². The molecule has 2 fully saturated rings. The van der Waals surface area contributed by atoms with Gasteiger partial charge in [0.1, 0.15) is 0 Å². The number of hydrogen-bond donors (Lipinski definition) is 1. The molecule has 0 amide bonds. The molecule has 2 saturated heterocycles. The molecule has 126 valence electrons. The lowest BCUT2D eigenvalue weighted by atomic mass is 10.0. The van der Waals surface area contributed by atoms with Crippen LogP contribution in [-0.2, 0) is 0 Å². The summed E-state index contributed by atoms with van der Waals surface area (Å²) in [6, 6.07) is 1.28. The molecule has 2 aliphatic heterocycles. The van der Waals surface area contributed by atoms with Gasteiger partial charge < -0.3 is 5.32 Å². The lowest BCUT2D eigenvalue weighted by Gasteiger charge is -2.31. The number of hydrogen-bond acceptors (Lipinski definition) is 2. The Balaban J connectivity index is 0.00000116. The monoisotopic (exact) mass is 344 g/mol. The van der Waals surface area contributed by atoms with E-state index in [2.05, 4.69) is 22.9 Å². The van der Waals surface area contributed by atoms with Crippen LogP contribution in [0.3, 0.4) is 0 Å². The predicted octanol–water partition coefficient (Wildman–Crippen LogP) is 5.05. The molecule has 2 unspecified atom stereocenters. The molecular weight excluding hydrogens is 315 g/mol. The van der Waals surface area contributed by atoms with Crippen molar-refractivity contribution >= 4 is 23.2 Å². The Morgan fingerprint density at radius 2 is 2.00 bits per heavy atom. The molecule has 0 aromatic carbocycles. The van der Waals surface area contributed by atoms with E-state index in [-0.39, 0.29) is 0 Å². The van der Waals surface area contributed by atoms with Crippen molar-refractivity contribution in [2.24, 2.45) is 0 Å². The Bertz CT molecular complexity index is 415. The molecule has 0 aromatic rings. The Kier molecular flexibility index (Phi) is 9.42. The van der Waals surface area contributed by atoms with E-state index in [1.165, 1.54) is 25.7 Å². The highest BCUT2D eigenvalue weighted by Gasteiger charge is 2.33. The maximum Gasteiger partial charge on any atom is 0.0633 e. The summed E-state index contributed by atoms with van der Waals surface area (Å²) < 4.78 is 0. The molecule has 22 heavy (non-hydrogen) atoms. The molecule has 2 atom stereocenters. The third-order valence-electron chi connectivity index (χ3n) is 4.38. The highest BCUT2D eigenvalue weighted by molar-refractivity contribution is 6.41. The summed E-state index contributed by atoms with van der Waals surface area (Å²) in [5, 5.41) is 4.81. The first-order valence-electron chi connectivity index (χ1n) is 8.48. The molecular formula is C18H30Cl2N2. The summed E-state index contributed by atoms with van der Waals surface area (Å²) in [6.45, 7) is 12.9. The average Bonchev–Trinajstić information content (AvgIpc) is 2.95. The molecule has 2 aliphatic rings. The van der Waals surface area contributed by atoms with Crippen LogP contribution in [0.15, 0.2) is 34.4 Å². The van der Waals surface area contributed by atoms with Crippen LogP contribution in [0.4, 0.5) is 0 Å². The molecule has 0 aliphatic carbocycles. The number of allylic oxidation sites excluding steroid dienone is 3. The minimum absolute atomic E-state index is 0.538. The summed E-state index contributed by atoms with van der Waals surface area (Å²) >= 11 is 12.5. The zero-order valence-corrected chi connectivity index (χ0v) is 15.7. The molecule has 2 heterocycles. The van der Waals surface area contributed by atoms with Crippen molar-refractivity contribution in [2.45, 2.75) is 58.5 Å². The van der Waals surface area contributed by atoms with Crippen LogP contribution in [0.1, 0.15) is 46.5 Å². The van der Waals surface area contributed by atoms with Gasteiger partial charge in [0.05, 0.1) is 10.1 Å². The van der Waals surface area contributed by atoms with Gasteiger partial charge in [-0.2, -0.15) is 0 Å². The highest BCUT2D eigenvalue weighted by atomic mass is 35.5. The number of fused-ring (bicyclic) bond motifs is 1. The van der Waals surface area contributed by atoms with E-state index in [1.807, 2.05) is 20.8 Å². The van der Waals surface area contributed by atoms with E-state index < -0.39 is 0 Å². The molecule has 2 nitrogen and oxygen atoms in total. The van der Waals surface area contributed by atoms with Gasteiger partial charge in [-0.3, -0.25) is 4.90 Å². The molecule has 4 heteroatoms. The lowest BCUT2D eigenvalue weighted by molar-refractivity contribution is 0.212. The van der Waals surface area contributed by atoms with Crippen LogP contribution in [0.2, 0.25) is 0 Å². The average molecular weight is 345 g/mol. The number of nitrogens with one attached hydrogen (secondary N) is 1. The predicted molar refractivity (Wildman–Crippen MR) is 99.7 cm³/mol. The molecule has 2 rings (SSSR count). The number of halogens is 2. The Hall–Kier alpha value is -0.280. The van der Waals surface area contributed by atoms with Crippen molar-refractivity contribution in [3.8, 4) is 0 Å². The van der Waals surface area contributed by atoms with Crippen molar-refractivity contribution in [1.82, 2.24) is 10.2 Å². The first kappa shape index (κ1) is 19.8. The van der Waals surface area contributed by atoms with E-state index in [0.717, 1.165) is 25.2 Å². The van der Waals surface area contributed by atoms with Crippen molar-refractivity contribution in [3.05, 3.63) is 34.4 Å². The second-order valence-electron chi connectivity index (χ2n) is 5.56. The zero-order chi connectivity index (χ0) is 16.5. The fourth-order valence-corrected chi connectivity index (χ4v) is 3.64. The fourth-order valence-electron chi connectivity index (χ4n) is 3.28. The molecule has 0 spiro atoms. The first-order chi connectivity index (χ1) is 10.7. The smallest absolute Gasteiger partial charge is 0.0633 e. The maximum absolute atomic E-state index is 6.37. The minimum atomic E-state index is 0.538. The molecule has 1 N–H and O–H groups in total. The Morgan fingerprint density at radius 1 is 1.27 bits per heavy atom. The number of nitrogens with zero attached hydrogens (tertiary/aromatic N) is 1. The van der Waals surface area contributed by atoms with E-state index in [4.69, 9.17) is 23.2 Å². The van der Waals surface area contributed by atoms with Crippen LogP contribution < -0.4 is 5.32 Å². The molecule has 0 bridgehead atoms. The maximum atomic E-state index is 6.37. The lowest BCUT2D eigenvalue weighted by Crippen LogP contribution is -2.43. The summed E-state index contributed by atoms with van der Waals surface area (Å²) in [5.41, 5.74) is 1.10. The molecule has 0 saturated carbocycles. The first-order valence-corrected chi connectivity index (χ1v) is 9.23. The normalized spacial score (nSPS) is 27.2. The molecule has 0 radical (unpaired) electrons. The van der Waals surface area contributed by atoms with E-state index in [1.54, 1.807) is 6.08 Å². The Morgan fingerprint density at radius 3 is 2.64 bits per heavy atom. The SMILES string of the molecule is C=C/C(Cl)=C(Cl)\C(=C/C)CN1CCCCC2NCCC21.CC. The summed E-state index contributed by atoms with van der Waals surface area (Å²) in [7, 11) is 0. The quantitative estimate of drug-likeness (QED) is 0.717. The highest BCUT2D eigenvalue weighted by Crippen LogP contribution is 2.28. The minimum Gasteiger partial charge on any atom is -0.312 e. The summed E-state index contributed by atoms with van der Waals surface area (Å²) in [4.78, 5) is 2.57. The van der Waals surface area contributed by atoms with Crippen LogP contribution in [0.5, 0.6) is 0 Å². The largest absolute Gasteiger partial charge is 0.312 e.